The van der Waals surface area contributed by atoms with Gasteiger partial charge < -0.3 is 4.79 Å². The van der Waals surface area contributed by atoms with Crippen LogP contribution in [0.25, 0.3) is 0 Å². The third-order valence-electron chi connectivity index (χ3n) is 3.98. The molecule has 1 aliphatic rings. The van der Waals surface area contributed by atoms with Crippen molar-refractivity contribution in [3.8, 4) is 0 Å². The molecule has 3 nitrogen and oxygen atoms in total. The minimum atomic E-state index is -3.39. The van der Waals surface area contributed by atoms with Crippen LogP contribution < -0.4 is 0 Å². The van der Waals surface area contributed by atoms with Crippen LogP contribution in [0.4, 0.5) is 0 Å². The molecule has 0 radical (unpaired) electrons. The van der Waals surface area contributed by atoms with Gasteiger partial charge in [0.15, 0.2) is 9.84 Å². The molecule has 19 heavy (non-hydrogen) atoms. The number of carbonyl (C=O) groups excluding carboxylic acids is 1. The van der Waals surface area contributed by atoms with Crippen molar-refractivity contribution in [3.63, 3.8) is 0 Å². The van der Waals surface area contributed by atoms with Gasteiger partial charge in [-0.15, -0.1) is 0 Å². The Labute approximate surface area is 114 Å². The Morgan fingerprint density at radius 3 is 2.37 bits per heavy atom. The molecule has 4 heteroatoms. The van der Waals surface area contributed by atoms with E-state index in [4.69, 9.17) is 0 Å². The number of hydrogen-bond acceptors (Lipinski definition) is 3. The molecule has 1 aromatic carbocycles. The van der Waals surface area contributed by atoms with E-state index < -0.39 is 20.5 Å². The molecule has 1 aliphatic carbocycles. The highest BCUT2D eigenvalue weighted by atomic mass is 32.2. The van der Waals surface area contributed by atoms with Crippen molar-refractivity contribution in [2.45, 2.75) is 36.8 Å². The summed E-state index contributed by atoms with van der Waals surface area (Å²) >= 11 is 0. The lowest BCUT2D eigenvalue weighted by molar-refractivity contribution is -0.113. The van der Waals surface area contributed by atoms with E-state index in [0.717, 1.165) is 11.8 Å². The highest BCUT2D eigenvalue weighted by Gasteiger charge is 2.44. The molecule has 1 saturated carbocycles. The Morgan fingerprint density at radius 2 is 1.89 bits per heavy atom. The van der Waals surface area contributed by atoms with Crippen molar-refractivity contribution >= 4 is 16.1 Å². The number of aldehydes is 1. The fourth-order valence-electron chi connectivity index (χ4n) is 2.47. The van der Waals surface area contributed by atoms with E-state index >= 15 is 0 Å². The highest BCUT2D eigenvalue weighted by Crippen LogP contribution is 2.44. The molecule has 0 amide bonds. The number of sulfone groups is 1. The molecular formula is C15H18O3S. The van der Waals surface area contributed by atoms with E-state index in [1.807, 2.05) is 6.92 Å². The van der Waals surface area contributed by atoms with Crippen LogP contribution in [0.3, 0.4) is 0 Å². The molecule has 2 atom stereocenters. The lowest BCUT2D eigenvalue weighted by Gasteiger charge is -2.17. The van der Waals surface area contributed by atoms with E-state index in [1.54, 1.807) is 31.2 Å². The van der Waals surface area contributed by atoms with Gasteiger partial charge >= 0.3 is 0 Å². The Morgan fingerprint density at radius 1 is 1.32 bits per heavy atom. The van der Waals surface area contributed by atoms with Gasteiger partial charge in [-0.1, -0.05) is 29.8 Å². The molecule has 0 spiro atoms. The zero-order valence-corrected chi connectivity index (χ0v) is 12.0. The molecule has 0 heterocycles. The third-order valence-corrected chi connectivity index (χ3v) is 6.12. The molecular weight excluding hydrogens is 260 g/mol. The van der Waals surface area contributed by atoms with E-state index in [9.17, 15) is 13.2 Å². The average Bonchev–Trinajstić information content (AvgIpc) is 2.68. The summed E-state index contributed by atoms with van der Waals surface area (Å²) in [5, 5.41) is -0.544. The minimum absolute atomic E-state index is 0.325. The molecule has 1 fully saturated rings. The molecule has 0 N–H and O–H groups in total. The summed E-state index contributed by atoms with van der Waals surface area (Å²) in [6, 6.07) is 6.83. The van der Waals surface area contributed by atoms with Crippen LogP contribution >= 0.6 is 0 Å². The Hall–Kier alpha value is -1.42. The fourth-order valence-corrected chi connectivity index (χ4v) is 4.36. The molecule has 0 saturated heterocycles. The normalized spacial score (nSPS) is 27.5. The van der Waals surface area contributed by atoms with Gasteiger partial charge in [-0.3, -0.25) is 0 Å². The van der Waals surface area contributed by atoms with Gasteiger partial charge in [-0.2, -0.15) is 0 Å². The van der Waals surface area contributed by atoms with E-state index in [0.29, 0.717) is 23.3 Å². The first kappa shape index (κ1) is 14.0. The lowest BCUT2D eigenvalue weighted by Crippen LogP contribution is -2.22. The van der Waals surface area contributed by atoms with Gasteiger partial charge in [-0.25, -0.2) is 8.42 Å². The van der Waals surface area contributed by atoms with Crippen LogP contribution in [0.15, 0.2) is 41.3 Å². The quantitative estimate of drug-likeness (QED) is 0.631. The smallest absolute Gasteiger partial charge is 0.181 e. The van der Waals surface area contributed by atoms with Crippen LogP contribution in [0.5, 0.6) is 0 Å². The van der Waals surface area contributed by atoms with E-state index in [-0.39, 0.29) is 0 Å². The van der Waals surface area contributed by atoms with Gasteiger partial charge in [0.1, 0.15) is 6.29 Å². The molecule has 2 unspecified atom stereocenters. The summed E-state index contributed by atoms with van der Waals surface area (Å²) in [6.45, 7) is 7.52. The number of hydrogen-bond donors (Lipinski definition) is 0. The maximum absolute atomic E-state index is 12.5. The summed E-state index contributed by atoms with van der Waals surface area (Å²) in [6.07, 6.45) is 1.51. The van der Waals surface area contributed by atoms with Crippen molar-refractivity contribution in [1.29, 1.82) is 0 Å². The van der Waals surface area contributed by atoms with Crippen LogP contribution in [0, 0.1) is 12.3 Å². The summed E-state index contributed by atoms with van der Waals surface area (Å²) in [5.41, 5.74) is 1.03. The first-order valence-electron chi connectivity index (χ1n) is 6.25. The Kier molecular flexibility index (Phi) is 3.39. The number of aryl methyl sites for hydroxylation is 1. The first-order chi connectivity index (χ1) is 8.79. The van der Waals surface area contributed by atoms with Gasteiger partial charge in [0.25, 0.3) is 0 Å². The number of allylic oxidation sites excluding steroid dienone is 1. The van der Waals surface area contributed by atoms with Crippen LogP contribution in [-0.2, 0) is 14.6 Å². The lowest BCUT2D eigenvalue weighted by atomic mass is 9.87. The van der Waals surface area contributed by atoms with Crippen molar-refractivity contribution in [2.75, 3.05) is 0 Å². The molecule has 0 bridgehead atoms. The van der Waals surface area contributed by atoms with Crippen LogP contribution in [0.2, 0.25) is 0 Å². The Bertz CT molecular complexity index is 613. The number of benzene rings is 1. The summed E-state index contributed by atoms with van der Waals surface area (Å²) < 4.78 is 25.1. The topological polar surface area (TPSA) is 51.2 Å². The van der Waals surface area contributed by atoms with Crippen molar-refractivity contribution in [2.24, 2.45) is 5.41 Å². The minimum Gasteiger partial charge on any atom is -0.302 e. The SMILES string of the molecule is C=C1CC(S(=O)(=O)c2ccc(C)cc2)CC1(C)C=O. The molecule has 0 aliphatic heterocycles. The molecule has 1 aromatic rings. The number of carbonyl (C=O) groups is 1. The third kappa shape index (κ3) is 2.37. The van der Waals surface area contributed by atoms with E-state index in [2.05, 4.69) is 6.58 Å². The average molecular weight is 278 g/mol. The van der Waals surface area contributed by atoms with Crippen molar-refractivity contribution in [3.05, 3.63) is 42.0 Å². The molecule has 2 rings (SSSR count). The maximum atomic E-state index is 12.5. The molecule has 0 aromatic heterocycles. The van der Waals surface area contributed by atoms with Crippen LogP contribution in [0.1, 0.15) is 25.3 Å². The van der Waals surface area contributed by atoms with Gasteiger partial charge in [0.2, 0.25) is 0 Å². The van der Waals surface area contributed by atoms with Gasteiger partial charge in [0.05, 0.1) is 10.1 Å². The summed E-state index contributed by atoms with van der Waals surface area (Å²) in [4.78, 5) is 11.5. The summed E-state index contributed by atoms with van der Waals surface area (Å²) in [5.74, 6) is 0. The monoisotopic (exact) mass is 278 g/mol. The molecule has 102 valence electrons. The zero-order valence-electron chi connectivity index (χ0n) is 11.2. The fraction of sp³-hybridized carbons (Fsp3) is 0.400. The predicted octanol–water partition coefficient (Wildman–Crippen LogP) is 2.69. The van der Waals surface area contributed by atoms with Crippen LogP contribution in [-0.4, -0.2) is 20.0 Å². The van der Waals surface area contributed by atoms with Gasteiger partial charge in [0, 0.05) is 5.41 Å². The number of rotatable bonds is 3. The standard InChI is InChI=1S/C15H18O3S/c1-11-4-6-13(7-5-11)19(17,18)14-8-12(2)15(3,9-14)10-16/h4-7,10,14H,2,8-9H2,1,3H3. The van der Waals surface area contributed by atoms with E-state index in [1.165, 1.54) is 0 Å². The maximum Gasteiger partial charge on any atom is 0.181 e. The largest absolute Gasteiger partial charge is 0.302 e. The second-order valence-electron chi connectivity index (χ2n) is 5.53. The second kappa shape index (κ2) is 4.60. The summed E-state index contributed by atoms with van der Waals surface area (Å²) in [7, 11) is -3.39. The predicted molar refractivity (Wildman–Crippen MR) is 74.7 cm³/mol. The zero-order chi connectivity index (χ0) is 14.3. The Balaban J connectivity index is 2.35. The van der Waals surface area contributed by atoms with Gasteiger partial charge in [-0.05, 0) is 38.8 Å². The first-order valence-corrected chi connectivity index (χ1v) is 7.79. The second-order valence-corrected chi connectivity index (χ2v) is 7.76. The van der Waals surface area contributed by atoms with Crippen molar-refractivity contribution < 1.29 is 13.2 Å². The highest BCUT2D eigenvalue weighted by molar-refractivity contribution is 7.92. The van der Waals surface area contributed by atoms with Crippen molar-refractivity contribution in [1.82, 2.24) is 0 Å².